The van der Waals surface area contributed by atoms with Gasteiger partial charge in [0.05, 0.1) is 11.3 Å². The minimum absolute atomic E-state index is 0.168. The summed E-state index contributed by atoms with van der Waals surface area (Å²) >= 11 is 0. The van der Waals surface area contributed by atoms with Gasteiger partial charge in [-0.2, -0.15) is 18.3 Å². The number of hydrogen-bond acceptors (Lipinski definition) is 4. The lowest BCUT2D eigenvalue weighted by atomic mass is 10.1. The van der Waals surface area contributed by atoms with Crippen LogP contribution in [0.4, 0.5) is 13.2 Å². The van der Waals surface area contributed by atoms with Crippen molar-refractivity contribution in [3.63, 3.8) is 0 Å². The van der Waals surface area contributed by atoms with Crippen molar-refractivity contribution < 1.29 is 27.5 Å². The van der Waals surface area contributed by atoms with Crippen molar-refractivity contribution in [3.8, 4) is 16.9 Å². The van der Waals surface area contributed by atoms with Crippen LogP contribution in [0.2, 0.25) is 0 Å². The molecule has 10 heteroatoms. The summed E-state index contributed by atoms with van der Waals surface area (Å²) in [6.07, 6.45) is -3.04. The highest BCUT2D eigenvalue weighted by atomic mass is 19.4. The Morgan fingerprint density at radius 2 is 1.60 bits per heavy atom. The molecule has 0 atom stereocenters. The van der Waals surface area contributed by atoms with Gasteiger partial charge in [-0.15, -0.1) is 0 Å². The number of halogens is 3. The first-order valence-electron chi connectivity index (χ1n) is 8.78. The molecule has 0 saturated carbocycles. The van der Waals surface area contributed by atoms with Crippen molar-refractivity contribution in [1.82, 2.24) is 20.6 Å². The van der Waals surface area contributed by atoms with Crippen LogP contribution in [-0.4, -0.2) is 41.0 Å². The first-order chi connectivity index (χ1) is 14.3. The molecule has 0 spiro atoms. The maximum absolute atomic E-state index is 12.6. The van der Waals surface area contributed by atoms with Gasteiger partial charge in [-0.05, 0) is 12.1 Å². The summed E-state index contributed by atoms with van der Waals surface area (Å²) in [6.45, 7) is -2.41. The van der Waals surface area contributed by atoms with E-state index in [2.05, 4.69) is 15.3 Å². The van der Waals surface area contributed by atoms with Crippen molar-refractivity contribution in [2.75, 3.05) is 13.2 Å². The maximum Gasteiger partial charge on any atom is 0.411 e. The molecule has 0 unspecified atom stereocenters. The zero-order chi connectivity index (χ0) is 21.6. The number of amides is 2. The molecule has 1 aromatic heterocycles. The molecule has 1 heterocycles. The Bertz CT molecular complexity index is 1010. The van der Waals surface area contributed by atoms with E-state index in [0.29, 0.717) is 11.3 Å². The lowest BCUT2D eigenvalue weighted by molar-refractivity contribution is -0.175. The smallest absolute Gasteiger partial charge is 0.362 e. The van der Waals surface area contributed by atoms with Crippen LogP contribution in [0.25, 0.3) is 16.9 Å². The number of benzene rings is 2. The third-order valence-corrected chi connectivity index (χ3v) is 3.84. The van der Waals surface area contributed by atoms with Gasteiger partial charge in [0, 0.05) is 11.8 Å². The van der Waals surface area contributed by atoms with Crippen LogP contribution in [0.3, 0.4) is 0 Å². The Morgan fingerprint density at radius 1 is 0.967 bits per heavy atom. The van der Waals surface area contributed by atoms with Crippen LogP contribution in [0.1, 0.15) is 10.4 Å². The topological polar surface area (TPSA) is 85.3 Å². The van der Waals surface area contributed by atoms with Crippen LogP contribution in [-0.2, 0) is 9.53 Å². The molecule has 3 aromatic rings. The summed E-state index contributed by atoms with van der Waals surface area (Å²) in [7, 11) is 0. The Labute approximate surface area is 169 Å². The number of hydrogen-bond donors (Lipinski definition) is 2. The van der Waals surface area contributed by atoms with Gasteiger partial charge in [-0.3, -0.25) is 20.4 Å². The largest absolute Gasteiger partial charge is 0.411 e. The van der Waals surface area contributed by atoms with Crippen molar-refractivity contribution >= 4 is 11.8 Å². The second-order valence-corrected chi connectivity index (χ2v) is 6.15. The number of alkyl halides is 3. The molecule has 0 saturated heterocycles. The highest BCUT2D eigenvalue weighted by Gasteiger charge is 2.28. The number of hydrazine groups is 1. The minimum atomic E-state index is -4.54. The van der Waals surface area contributed by atoms with Gasteiger partial charge in [-0.25, -0.2) is 4.68 Å². The molecular formula is C20H17F3N4O3. The molecule has 2 amide bonds. The van der Waals surface area contributed by atoms with Crippen molar-refractivity contribution in [2.45, 2.75) is 6.18 Å². The fraction of sp³-hybridized carbons (Fsp3) is 0.150. The van der Waals surface area contributed by atoms with Crippen LogP contribution < -0.4 is 10.9 Å². The van der Waals surface area contributed by atoms with E-state index in [1.807, 2.05) is 41.8 Å². The number of para-hydroxylation sites is 1. The molecule has 30 heavy (non-hydrogen) atoms. The lowest BCUT2D eigenvalue weighted by Crippen LogP contribution is -2.43. The van der Waals surface area contributed by atoms with Gasteiger partial charge in [0.25, 0.3) is 11.8 Å². The first-order valence-corrected chi connectivity index (χ1v) is 8.78. The summed E-state index contributed by atoms with van der Waals surface area (Å²) < 4.78 is 41.9. The van der Waals surface area contributed by atoms with Gasteiger partial charge >= 0.3 is 6.18 Å². The molecular weight excluding hydrogens is 401 g/mol. The van der Waals surface area contributed by atoms with Crippen LogP contribution >= 0.6 is 0 Å². The van der Waals surface area contributed by atoms with E-state index >= 15 is 0 Å². The molecule has 0 aliphatic heterocycles. The van der Waals surface area contributed by atoms with E-state index in [-0.39, 0.29) is 5.56 Å². The second kappa shape index (κ2) is 9.23. The van der Waals surface area contributed by atoms with Crippen LogP contribution in [0.5, 0.6) is 0 Å². The predicted molar refractivity (Wildman–Crippen MR) is 101 cm³/mol. The molecule has 2 N–H and O–H groups in total. The summed E-state index contributed by atoms with van der Waals surface area (Å²) in [5, 5.41) is 4.47. The fourth-order valence-corrected chi connectivity index (χ4v) is 2.55. The number of aromatic nitrogens is 2. The predicted octanol–water partition coefficient (Wildman–Crippen LogP) is 2.88. The van der Waals surface area contributed by atoms with Crippen LogP contribution in [0, 0.1) is 0 Å². The second-order valence-electron chi connectivity index (χ2n) is 6.15. The van der Waals surface area contributed by atoms with E-state index in [9.17, 15) is 22.8 Å². The van der Waals surface area contributed by atoms with Crippen LogP contribution in [0.15, 0.2) is 66.9 Å². The van der Waals surface area contributed by atoms with E-state index in [0.717, 1.165) is 5.69 Å². The number of carbonyl (C=O) groups is 2. The van der Waals surface area contributed by atoms with Crippen molar-refractivity contribution in [1.29, 1.82) is 0 Å². The number of nitrogens with one attached hydrogen (secondary N) is 2. The molecule has 156 valence electrons. The molecule has 2 aromatic carbocycles. The molecule has 0 aliphatic rings. The highest BCUT2D eigenvalue weighted by Crippen LogP contribution is 2.23. The molecule has 0 radical (unpaired) electrons. The molecule has 3 rings (SSSR count). The van der Waals surface area contributed by atoms with Crippen molar-refractivity contribution in [2.24, 2.45) is 0 Å². The Kier molecular flexibility index (Phi) is 6.48. The zero-order valence-electron chi connectivity index (χ0n) is 15.5. The standard InChI is InChI=1S/C20H17F3N4O3/c21-20(22,23)13-30-12-17(28)24-25-19(29)16-11-27(15-9-5-2-6-10-15)26-18(16)14-7-3-1-4-8-14/h1-11H,12-13H2,(H,24,28)(H,25,29). The first kappa shape index (κ1) is 21.1. The van der Waals surface area contributed by atoms with E-state index < -0.39 is 31.2 Å². The number of ether oxygens (including phenoxy) is 1. The maximum atomic E-state index is 12.6. The third kappa shape index (κ3) is 5.67. The van der Waals surface area contributed by atoms with E-state index in [1.165, 1.54) is 10.9 Å². The van der Waals surface area contributed by atoms with Crippen molar-refractivity contribution in [3.05, 3.63) is 72.4 Å². The number of nitrogens with zero attached hydrogens (tertiary/aromatic N) is 2. The Balaban J connectivity index is 1.74. The summed E-state index contributed by atoms with van der Waals surface area (Å²) in [4.78, 5) is 24.2. The van der Waals surface area contributed by atoms with Gasteiger partial charge in [0.1, 0.15) is 18.9 Å². The minimum Gasteiger partial charge on any atom is -0.362 e. The van der Waals surface area contributed by atoms with E-state index in [1.54, 1.807) is 24.3 Å². The normalized spacial score (nSPS) is 11.2. The Hall–Kier alpha value is -3.66. The quantitative estimate of drug-likeness (QED) is 0.603. The molecule has 7 nitrogen and oxygen atoms in total. The molecule has 0 aliphatic carbocycles. The third-order valence-electron chi connectivity index (χ3n) is 3.84. The molecule has 0 fully saturated rings. The summed E-state index contributed by atoms with van der Waals surface area (Å²) in [5.74, 6) is -1.61. The molecule has 0 bridgehead atoms. The summed E-state index contributed by atoms with van der Waals surface area (Å²) in [5.41, 5.74) is 6.14. The van der Waals surface area contributed by atoms with Gasteiger partial charge in [0.2, 0.25) is 0 Å². The average Bonchev–Trinajstić information content (AvgIpc) is 3.18. The monoisotopic (exact) mass is 418 g/mol. The zero-order valence-corrected chi connectivity index (χ0v) is 15.5. The highest BCUT2D eigenvalue weighted by molar-refractivity contribution is 6.00. The number of carbonyl (C=O) groups excluding carboxylic acids is 2. The average molecular weight is 418 g/mol. The lowest BCUT2D eigenvalue weighted by Gasteiger charge is -2.09. The SMILES string of the molecule is O=C(COCC(F)(F)F)NNC(=O)c1cn(-c2ccccc2)nc1-c1ccccc1. The van der Waals surface area contributed by atoms with Gasteiger partial charge < -0.3 is 4.74 Å². The van der Waals surface area contributed by atoms with Gasteiger partial charge in [-0.1, -0.05) is 48.5 Å². The summed E-state index contributed by atoms with van der Waals surface area (Å²) in [6, 6.07) is 18.0. The van der Waals surface area contributed by atoms with Gasteiger partial charge in [0.15, 0.2) is 0 Å². The fourth-order valence-electron chi connectivity index (χ4n) is 2.55. The number of rotatable bonds is 6. The Morgan fingerprint density at radius 3 is 2.23 bits per heavy atom. The van der Waals surface area contributed by atoms with E-state index in [4.69, 9.17) is 0 Å².